The molecule has 1 saturated heterocycles. The topological polar surface area (TPSA) is 50.9 Å². The van der Waals surface area contributed by atoms with Crippen LogP contribution in [0.5, 0.6) is 0 Å². The van der Waals surface area contributed by atoms with Gasteiger partial charge < -0.3 is 11.1 Å². The first kappa shape index (κ1) is 12.8. The molecular weight excluding hydrogens is 222 g/mol. The molecule has 0 radical (unpaired) electrons. The minimum atomic E-state index is 0.573. The summed E-state index contributed by atoms with van der Waals surface area (Å²) in [6.07, 6.45) is 5.65. The van der Waals surface area contributed by atoms with E-state index in [0.717, 1.165) is 10.9 Å². The number of hydrogen-bond acceptors (Lipinski definition) is 3. The quantitative estimate of drug-likeness (QED) is 0.748. The minimum absolute atomic E-state index is 0.573. The molecule has 3 N–H and O–H groups in total. The van der Waals surface area contributed by atoms with E-state index in [4.69, 9.17) is 5.73 Å². The molecule has 18 heavy (non-hydrogen) atoms. The molecule has 1 aromatic carbocycles. The highest BCUT2D eigenvalue weighted by molar-refractivity contribution is 5.79. The second-order valence-corrected chi connectivity index (χ2v) is 4.59. The fourth-order valence-corrected chi connectivity index (χ4v) is 2.06. The number of rotatable bonds is 0. The molecule has 0 atom stereocenters. The molecule has 96 valence electrons. The van der Waals surface area contributed by atoms with Gasteiger partial charge in [-0.2, -0.15) is 0 Å². The molecule has 3 nitrogen and oxygen atoms in total. The summed E-state index contributed by atoms with van der Waals surface area (Å²) in [6.45, 7) is 2.50. The molecule has 0 unspecified atom stereocenters. The van der Waals surface area contributed by atoms with E-state index in [1.807, 2.05) is 36.4 Å². The number of nitrogen functional groups attached to an aromatic ring is 1. The van der Waals surface area contributed by atoms with Crippen molar-refractivity contribution in [3.63, 3.8) is 0 Å². The molecular formula is C15H21N3. The number of fused-ring (bicyclic) bond motifs is 1. The van der Waals surface area contributed by atoms with Crippen molar-refractivity contribution in [3.05, 3.63) is 36.4 Å². The highest BCUT2D eigenvalue weighted by Gasteiger charge is 1.94. The molecule has 1 aliphatic rings. The van der Waals surface area contributed by atoms with Gasteiger partial charge in [-0.15, -0.1) is 0 Å². The summed E-state index contributed by atoms with van der Waals surface area (Å²) < 4.78 is 0. The second kappa shape index (κ2) is 6.97. The zero-order valence-corrected chi connectivity index (χ0v) is 10.7. The Morgan fingerprint density at radius 3 is 2.39 bits per heavy atom. The van der Waals surface area contributed by atoms with Gasteiger partial charge in [-0.1, -0.05) is 31.0 Å². The van der Waals surface area contributed by atoms with Crippen LogP contribution in [0, 0.1) is 0 Å². The molecule has 1 aromatic heterocycles. The summed E-state index contributed by atoms with van der Waals surface area (Å²) in [5.41, 5.74) is 6.46. The van der Waals surface area contributed by atoms with Gasteiger partial charge >= 0.3 is 0 Å². The molecule has 2 aromatic rings. The van der Waals surface area contributed by atoms with Gasteiger partial charge in [-0.25, -0.2) is 4.98 Å². The predicted molar refractivity (Wildman–Crippen MR) is 77.5 cm³/mol. The molecule has 0 bridgehead atoms. The van der Waals surface area contributed by atoms with Gasteiger partial charge in [0.05, 0.1) is 5.52 Å². The maximum Gasteiger partial charge on any atom is 0.124 e. The van der Waals surface area contributed by atoms with Crippen LogP contribution >= 0.6 is 0 Å². The van der Waals surface area contributed by atoms with Crippen LogP contribution in [-0.2, 0) is 0 Å². The number of nitrogens with two attached hydrogens (primary N) is 1. The Hall–Kier alpha value is -1.61. The Bertz CT molecular complexity index is 462. The standard InChI is InChI=1S/C9H8N2.C6H13N/c10-9-6-5-7-3-1-2-4-8(7)11-9;1-2-4-6-7-5-3-1/h1-6H,(H2,10,11);7H,1-6H2. The lowest BCUT2D eigenvalue weighted by molar-refractivity contribution is 0.702. The fourth-order valence-electron chi connectivity index (χ4n) is 2.06. The van der Waals surface area contributed by atoms with E-state index < -0.39 is 0 Å². The Kier molecular flexibility index (Phi) is 4.97. The number of anilines is 1. The normalized spacial score (nSPS) is 15.6. The summed E-state index contributed by atoms with van der Waals surface area (Å²) in [4.78, 5) is 4.15. The van der Waals surface area contributed by atoms with Gasteiger partial charge in [-0.3, -0.25) is 0 Å². The van der Waals surface area contributed by atoms with E-state index in [1.165, 1.54) is 38.8 Å². The zero-order chi connectivity index (χ0) is 12.6. The van der Waals surface area contributed by atoms with Crippen molar-refractivity contribution in [2.75, 3.05) is 18.8 Å². The van der Waals surface area contributed by atoms with Crippen molar-refractivity contribution in [3.8, 4) is 0 Å². The molecule has 2 heterocycles. The minimum Gasteiger partial charge on any atom is -0.384 e. The van der Waals surface area contributed by atoms with E-state index in [2.05, 4.69) is 10.3 Å². The Balaban J connectivity index is 0.000000149. The average molecular weight is 243 g/mol. The average Bonchev–Trinajstić information content (AvgIpc) is 2.71. The largest absolute Gasteiger partial charge is 0.384 e. The third kappa shape index (κ3) is 4.00. The van der Waals surface area contributed by atoms with Crippen LogP contribution in [0.2, 0.25) is 0 Å². The molecule has 3 heteroatoms. The van der Waals surface area contributed by atoms with E-state index >= 15 is 0 Å². The third-order valence-electron chi connectivity index (χ3n) is 3.08. The number of para-hydroxylation sites is 1. The number of hydrogen-bond donors (Lipinski definition) is 2. The number of pyridine rings is 1. The number of aromatic nitrogens is 1. The van der Waals surface area contributed by atoms with Crippen LogP contribution in [0.15, 0.2) is 36.4 Å². The second-order valence-electron chi connectivity index (χ2n) is 4.59. The smallest absolute Gasteiger partial charge is 0.124 e. The van der Waals surface area contributed by atoms with E-state index in [-0.39, 0.29) is 0 Å². The van der Waals surface area contributed by atoms with Crippen molar-refractivity contribution in [2.45, 2.75) is 25.7 Å². The Morgan fingerprint density at radius 1 is 0.889 bits per heavy atom. The summed E-state index contributed by atoms with van der Waals surface area (Å²) in [5.74, 6) is 0.573. The van der Waals surface area contributed by atoms with Crippen LogP contribution in [0.1, 0.15) is 25.7 Å². The maximum absolute atomic E-state index is 5.51. The lowest BCUT2D eigenvalue weighted by Gasteiger charge is -1.95. The first-order chi connectivity index (χ1) is 8.86. The van der Waals surface area contributed by atoms with Crippen LogP contribution in [0.25, 0.3) is 10.9 Å². The molecule has 0 saturated carbocycles. The van der Waals surface area contributed by atoms with Gasteiger partial charge in [0, 0.05) is 5.39 Å². The number of nitrogens with zero attached hydrogens (tertiary/aromatic N) is 1. The molecule has 1 fully saturated rings. The Morgan fingerprint density at radius 2 is 1.61 bits per heavy atom. The zero-order valence-electron chi connectivity index (χ0n) is 10.7. The van der Waals surface area contributed by atoms with E-state index in [1.54, 1.807) is 0 Å². The molecule has 1 aliphatic heterocycles. The van der Waals surface area contributed by atoms with Crippen molar-refractivity contribution < 1.29 is 0 Å². The van der Waals surface area contributed by atoms with Crippen molar-refractivity contribution in [1.29, 1.82) is 0 Å². The van der Waals surface area contributed by atoms with Crippen LogP contribution in [-0.4, -0.2) is 18.1 Å². The van der Waals surface area contributed by atoms with E-state index in [9.17, 15) is 0 Å². The SMILES string of the molecule is C1CCCNCC1.Nc1ccc2ccccc2n1. The first-order valence-electron chi connectivity index (χ1n) is 6.68. The molecule has 3 rings (SSSR count). The summed E-state index contributed by atoms with van der Waals surface area (Å²) >= 11 is 0. The molecule has 0 spiro atoms. The summed E-state index contributed by atoms with van der Waals surface area (Å²) in [7, 11) is 0. The summed E-state index contributed by atoms with van der Waals surface area (Å²) in [6, 6.07) is 11.7. The lowest BCUT2D eigenvalue weighted by Crippen LogP contribution is -2.12. The summed E-state index contributed by atoms with van der Waals surface area (Å²) in [5, 5.41) is 4.47. The van der Waals surface area contributed by atoms with Crippen molar-refractivity contribution >= 4 is 16.7 Å². The third-order valence-corrected chi connectivity index (χ3v) is 3.08. The van der Waals surface area contributed by atoms with Crippen molar-refractivity contribution in [1.82, 2.24) is 10.3 Å². The van der Waals surface area contributed by atoms with Crippen molar-refractivity contribution in [2.24, 2.45) is 0 Å². The fraction of sp³-hybridized carbons (Fsp3) is 0.400. The maximum atomic E-state index is 5.51. The highest BCUT2D eigenvalue weighted by atomic mass is 14.8. The van der Waals surface area contributed by atoms with Gasteiger partial charge in [0.2, 0.25) is 0 Å². The lowest BCUT2D eigenvalue weighted by atomic mass is 10.2. The molecule has 0 aliphatic carbocycles. The van der Waals surface area contributed by atoms with Crippen LogP contribution in [0.3, 0.4) is 0 Å². The van der Waals surface area contributed by atoms with Gasteiger partial charge in [0.15, 0.2) is 0 Å². The highest BCUT2D eigenvalue weighted by Crippen LogP contribution is 2.11. The van der Waals surface area contributed by atoms with Gasteiger partial charge in [-0.05, 0) is 44.1 Å². The number of benzene rings is 1. The van der Waals surface area contributed by atoms with Crippen LogP contribution < -0.4 is 11.1 Å². The van der Waals surface area contributed by atoms with E-state index in [0.29, 0.717) is 5.82 Å². The van der Waals surface area contributed by atoms with Crippen LogP contribution in [0.4, 0.5) is 5.82 Å². The van der Waals surface area contributed by atoms with Gasteiger partial charge in [0.1, 0.15) is 5.82 Å². The predicted octanol–water partition coefficient (Wildman–Crippen LogP) is 2.97. The molecule has 0 amide bonds. The van der Waals surface area contributed by atoms with Gasteiger partial charge in [0.25, 0.3) is 0 Å². The first-order valence-corrected chi connectivity index (χ1v) is 6.68. The number of nitrogens with one attached hydrogen (secondary N) is 1. The monoisotopic (exact) mass is 243 g/mol. The Labute approximate surface area is 108 Å².